The van der Waals surface area contributed by atoms with E-state index < -0.39 is 37.6 Å². The molecule has 1 unspecified atom stereocenters. The number of aromatic nitrogens is 1. The number of hydrogen-bond donors (Lipinski definition) is 1. The minimum absolute atomic E-state index is 0.0550. The Morgan fingerprint density at radius 3 is 2.58 bits per heavy atom. The number of benzene rings is 2. The second kappa shape index (κ2) is 11.0. The molecule has 1 aliphatic carbocycles. The van der Waals surface area contributed by atoms with Crippen molar-refractivity contribution in [2.24, 2.45) is 3.77 Å². The van der Waals surface area contributed by atoms with Crippen LogP contribution in [0.1, 0.15) is 48.6 Å². The third-order valence-corrected chi connectivity index (χ3v) is 10.8. The van der Waals surface area contributed by atoms with Crippen LogP contribution in [-0.4, -0.2) is 41.7 Å². The fourth-order valence-corrected chi connectivity index (χ4v) is 8.05. The van der Waals surface area contributed by atoms with Gasteiger partial charge in [-0.1, -0.05) is 13.0 Å². The zero-order chi connectivity index (χ0) is 28.6. The van der Waals surface area contributed by atoms with Crippen molar-refractivity contribution >= 4 is 43.0 Å². The summed E-state index contributed by atoms with van der Waals surface area (Å²) in [5.74, 6) is 0.362. The molecular weight excluding hydrogens is 560 g/mol. The molecule has 2 heterocycles. The summed E-state index contributed by atoms with van der Waals surface area (Å²) in [5.41, 5.74) is 3.16. The highest BCUT2D eigenvalue weighted by Gasteiger charge is 2.36. The summed E-state index contributed by atoms with van der Waals surface area (Å²) in [4.78, 5) is 29.0. The topological polar surface area (TPSA) is 109 Å². The quantitative estimate of drug-likeness (QED) is 0.359. The van der Waals surface area contributed by atoms with Crippen LogP contribution in [-0.2, 0) is 36.1 Å². The summed E-state index contributed by atoms with van der Waals surface area (Å²) >= 11 is 0. The molecule has 1 N–H and O–H groups in total. The molecule has 2 aliphatic rings. The van der Waals surface area contributed by atoms with Gasteiger partial charge in [0.15, 0.2) is 23.2 Å². The van der Waals surface area contributed by atoms with Gasteiger partial charge in [-0.2, -0.15) is 0 Å². The van der Waals surface area contributed by atoms with Gasteiger partial charge in [0, 0.05) is 54.4 Å². The number of hydrogen-bond acceptors (Lipinski definition) is 6. The maximum absolute atomic E-state index is 14.5. The molecule has 5 rings (SSSR count). The normalized spacial score (nSPS) is 15.8. The second-order valence-corrected chi connectivity index (χ2v) is 13.2. The Morgan fingerprint density at radius 2 is 1.90 bits per heavy atom. The molecule has 1 saturated carbocycles. The Bertz CT molecular complexity index is 1740. The Morgan fingerprint density at radius 1 is 1.15 bits per heavy atom. The minimum atomic E-state index is -3.74. The average molecular weight is 586 g/mol. The molecule has 0 saturated heterocycles. The van der Waals surface area contributed by atoms with Crippen molar-refractivity contribution in [2.45, 2.75) is 37.2 Å². The van der Waals surface area contributed by atoms with Crippen LogP contribution >= 0.6 is 0 Å². The van der Waals surface area contributed by atoms with E-state index in [4.69, 9.17) is 4.74 Å². The lowest BCUT2D eigenvalue weighted by atomic mass is 9.93. The van der Waals surface area contributed by atoms with Crippen molar-refractivity contribution in [1.82, 2.24) is 9.88 Å². The fraction of sp³-hybridized carbons (Fsp3) is 0.250. The first-order chi connectivity index (χ1) is 19.1. The van der Waals surface area contributed by atoms with Crippen molar-refractivity contribution in [3.05, 3.63) is 88.9 Å². The van der Waals surface area contributed by atoms with Crippen LogP contribution < -0.4 is 4.74 Å². The first-order valence-electron chi connectivity index (χ1n) is 12.5. The molecule has 2 aromatic carbocycles. The first kappa shape index (κ1) is 27.7. The van der Waals surface area contributed by atoms with Crippen LogP contribution in [0.15, 0.2) is 58.6 Å². The number of nitrogens with one attached hydrogen (secondary N) is 1. The summed E-state index contributed by atoms with van der Waals surface area (Å²) in [6.07, 6.45) is 4.57. The molecule has 1 aliphatic heterocycles. The standard InChI is InChI=1S/C28H25F2N3O5S2/c1-3-27(35)39(32-40(36,37)19-6-7-19)16-17-4-8-25(38-26-9-5-18(29)13-23(26)30)21(12-17)22-14-33(2)24(15-34)28-20(22)10-11-31-28/h4-5,8-14,19,31H,3,6-7,16H2,1-2H3. The first-order valence-corrected chi connectivity index (χ1v) is 15.3. The number of rotatable bonds is 8. The number of carbonyl (C=O) groups is 1. The largest absolute Gasteiger partial charge is 0.454 e. The van der Waals surface area contributed by atoms with Crippen molar-refractivity contribution in [3.63, 3.8) is 0 Å². The molecule has 0 amide bonds. The maximum Gasteiger partial charge on any atom is 0.261 e. The minimum Gasteiger partial charge on any atom is -0.454 e. The number of nitrogens with zero attached hydrogens (tertiary/aromatic N) is 2. The van der Waals surface area contributed by atoms with Gasteiger partial charge < -0.3 is 14.6 Å². The van der Waals surface area contributed by atoms with Gasteiger partial charge in [0.25, 0.3) is 10.0 Å². The molecule has 3 aromatic rings. The van der Waals surface area contributed by atoms with E-state index in [1.807, 2.05) is 5.94 Å². The van der Waals surface area contributed by atoms with Crippen LogP contribution in [0.2, 0.25) is 0 Å². The Hall–Kier alpha value is -3.86. The molecule has 0 radical (unpaired) electrons. The number of fused-ring (bicyclic) bond motifs is 1. The lowest BCUT2D eigenvalue weighted by Gasteiger charge is -2.25. The lowest BCUT2D eigenvalue weighted by molar-refractivity contribution is -0.110. The van der Waals surface area contributed by atoms with E-state index in [0.29, 0.717) is 46.9 Å². The summed E-state index contributed by atoms with van der Waals surface area (Å²) in [7, 11) is -3.49. The number of ether oxygens (including phenoxy) is 1. The van der Waals surface area contributed by atoms with E-state index in [1.54, 1.807) is 55.5 Å². The maximum atomic E-state index is 14.5. The predicted molar refractivity (Wildman–Crippen MR) is 148 cm³/mol. The molecule has 1 atom stereocenters. The van der Waals surface area contributed by atoms with E-state index in [-0.39, 0.29) is 34.5 Å². The highest BCUT2D eigenvalue weighted by Crippen LogP contribution is 2.41. The van der Waals surface area contributed by atoms with E-state index in [0.717, 1.165) is 6.07 Å². The highest BCUT2D eigenvalue weighted by atomic mass is 32.3. The van der Waals surface area contributed by atoms with Gasteiger partial charge in [-0.3, -0.25) is 4.79 Å². The van der Waals surface area contributed by atoms with Crippen molar-refractivity contribution < 1.29 is 31.5 Å². The van der Waals surface area contributed by atoms with Crippen molar-refractivity contribution in [3.8, 4) is 11.5 Å². The van der Waals surface area contributed by atoms with Gasteiger partial charge in [-0.15, -0.1) is 3.77 Å². The Labute approximate surface area is 232 Å². The van der Waals surface area contributed by atoms with Crippen LogP contribution in [0.5, 0.6) is 11.5 Å². The Balaban J connectivity index is 1.62. The number of aromatic amines is 1. The third kappa shape index (κ3) is 5.56. The van der Waals surface area contributed by atoms with Gasteiger partial charge in [-0.05, 0) is 59.4 Å². The molecule has 40 heavy (non-hydrogen) atoms. The summed E-state index contributed by atoms with van der Waals surface area (Å²) in [6.45, 7) is 1.66. The van der Waals surface area contributed by atoms with Gasteiger partial charge in [0.1, 0.15) is 11.6 Å². The number of carbonyl (C=O) groups excluding carboxylic acids is 2. The van der Waals surface area contributed by atoms with E-state index in [1.165, 1.54) is 6.07 Å². The summed E-state index contributed by atoms with van der Waals surface area (Å²) in [5, 5.41) is -0.802. The molecule has 0 spiro atoms. The van der Waals surface area contributed by atoms with Crippen molar-refractivity contribution in [1.29, 1.82) is 0 Å². The van der Waals surface area contributed by atoms with E-state index >= 15 is 0 Å². The fourth-order valence-electron chi connectivity index (χ4n) is 4.30. The zero-order valence-electron chi connectivity index (χ0n) is 21.6. The van der Waals surface area contributed by atoms with E-state index in [2.05, 4.69) is 8.75 Å². The van der Waals surface area contributed by atoms with E-state index in [9.17, 15) is 26.8 Å². The Kier molecular flexibility index (Phi) is 7.59. The van der Waals surface area contributed by atoms with Crippen LogP contribution in [0.3, 0.4) is 0 Å². The summed E-state index contributed by atoms with van der Waals surface area (Å²) < 4.78 is 63.1. The van der Waals surface area contributed by atoms with Crippen LogP contribution in [0.4, 0.5) is 8.78 Å². The lowest BCUT2D eigenvalue weighted by Crippen LogP contribution is -2.17. The number of H-pyrrole nitrogens is 1. The average Bonchev–Trinajstić information content (AvgIpc) is 3.68. The van der Waals surface area contributed by atoms with Crippen LogP contribution in [0.25, 0.3) is 11.3 Å². The monoisotopic (exact) mass is 585 g/mol. The molecule has 1 aromatic heterocycles. The molecule has 12 heteroatoms. The highest BCUT2D eigenvalue weighted by molar-refractivity contribution is 8.08. The predicted octanol–water partition coefficient (Wildman–Crippen LogP) is 5.32. The second-order valence-electron chi connectivity index (χ2n) is 9.40. The molecule has 8 nitrogen and oxygen atoms in total. The zero-order valence-corrected chi connectivity index (χ0v) is 23.2. The number of halogens is 2. The smallest absolute Gasteiger partial charge is 0.261 e. The number of sulfonamides is 1. The molecular formula is C28H25F2N3O5S2. The van der Waals surface area contributed by atoms with Crippen molar-refractivity contribution in [2.75, 3.05) is 7.05 Å². The summed E-state index contributed by atoms with van der Waals surface area (Å²) in [6, 6.07) is 9.71. The molecule has 0 bridgehead atoms. The SMILES string of the molecule is CCC(=O)S(Cc1ccc(Oc2ccc(F)cc2F)c(C2=CN(C)C(=C=O)c3[nH]ccc32)c1)=NS(=O)(=O)C1CC1. The third-order valence-electron chi connectivity index (χ3n) is 6.49. The van der Waals surface area contributed by atoms with Gasteiger partial charge in [0.05, 0.1) is 10.9 Å². The van der Waals surface area contributed by atoms with Gasteiger partial charge >= 0.3 is 0 Å². The van der Waals surface area contributed by atoms with Gasteiger partial charge in [0.2, 0.25) is 5.12 Å². The van der Waals surface area contributed by atoms with Crippen LogP contribution in [0, 0.1) is 11.6 Å². The molecule has 208 valence electrons. The van der Waals surface area contributed by atoms with Gasteiger partial charge in [-0.25, -0.2) is 22.0 Å². The molecule has 1 fully saturated rings.